The Labute approximate surface area is 144 Å². The number of allylic oxidation sites excluding steroid dienone is 2. The molecule has 0 aliphatic rings. The predicted octanol–water partition coefficient (Wildman–Crippen LogP) is 5.52. The number of carbonyl (C=O) groups excluding carboxylic acids is 1. The van der Waals surface area contributed by atoms with Crippen LogP contribution < -0.4 is 5.73 Å². The molecule has 3 nitrogen and oxygen atoms in total. The van der Waals surface area contributed by atoms with Crippen LogP contribution in [0.15, 0.2) is 12.2 Å². The van der Waals surface area contributed by atoms with E-state index in [0.717, 1.165) is 19.3 Å². The first kappa shape index (κ1) is 22.2. The minimum absolute atomic E-state index is 0.329. The number of carbonyl (C=O) groups is 1. The van der Waals surface area contributed by atoms with Gasteiger partial charge in [-0.05, 0) is 39.0 Å². The van der Waals surface area contributed by atoms with Crippen LogP contribution in [0.2, 0.25) is 0 Å². The zero-order chi connectivity index (χ0) is 17.2. The number of hydrogen-bond donors (Lipinski definition) is 1. The Kier molecular flexibility index (Phi) is 16.9. The minimum atomic E-state index is -0.391. The quantitative estimate of drug-likeness (QED) is 0.282. The molecule has 0 saturated heterocycles. The lowest BCUT2D eigenvalue weighted by Gasteiger charge is -2.12. The highest BCUT2D eigenvalue weighted by atomic mass is 16.5. The number of unbranched alkanes of at least 4 members (excludes halogenated alkanes) is 10. The number of ether oxygens (including phenoxy) is 1. The second-order valence-corrected chi connectivity index (χ2v) is 6.37. The van der Waals surface area contributed by atoms with Crippen molar-refractivity contribution in [3.05, 3.63) is 12.2 Å². The van der Waals surface area contributed by atoms with Gasteiger partial charge in [0, 0.05) is 6.61 Å². The fraction of sp³-hybridized carbons (Fsp3) is 0.850. The van der Waals surface area contributed by atoms with E-state index in [2.05, 4.69) is 19.1 Å². The molecule has 1 amide bonds. The largest absolute Gasteiger partial charge is 0.369 e. The molecule has 0 heterocycles. The summed E-state index contributed by atoms with van der Waals surface area (Å²) in [4.78, 5) is 11.1. The molecule has 0 aromatic rings. The van der Waals surface area contributed by atoms with Crippen LogP contribution in [-0.2, 0) is 9.53 Å². The average Bonchev–Trinajstić information content (AvgIpc) is 2.54. The summed E-state index contributed by atoms with van der Waals surface area (Å²) in [6.45, 7) is 4.71. The summed E-state index contributed by atoms with van der Waals surface area (Å²) in [6.07, 6.45) is 20.3. The molecule has 0 radical (unpaired) electrons. The van der Waals surface area contributed by atoms with Crippen LogP contribution in [0.25, 0.3) is 0 Å². The third kappa shape index (κ3) is 15.8. The molecular formula is C20H39NO2. The van der Waals surface area contributed by atoms with Crippen LogP contribution in [0.1, 0.15) is 97.3 Å². The fourth-order valence-electron chi connectivity index (χ4n) is 2.73. The molecule has 1 atom stereocenters. The third-order valence-corrected chi connectivity index (χ3v) is 4.16. The second kappa shape index (κ2) is 17.5. The molecule has 0 aliphatic carbocycles. The van der Waals surface area contributed by atoms with Crippen molar-refractivity contribution >= 4 is 5.91 Å². The number of rotatable bonds is 17. The SMILES string of the molecule is CCCCCCCC/C=C\CCCCCCC(OCC)C(N)=O. The summed E-state index contributed by atoms with van der Waals surface area (Å²) in [5.41, 5.74) is 5.30. The maximum Gasteiger partial charge on any atom is 0.246 e. The van der Waals surface area contributed by atoms with Crippen molar-refractivity contribution in [2.24, 2.45) is 5.73 Å². The smallest absolute Gasteiger partial charge is 0.246 e. The van der Waals surface area contributed by atoms with E-state index >= 15 is 0 Å². The van der Waals surface area contributed by atoms with E-state index in [9.17, 15) is 4.79 Å². The van der Waals surface area contributed by atoms with Crippen molar-refractivity contribution < 1.29 is 9.53 Å². The Morgan fingerprint density at radius 3 is 1.91 bits per heavy atom. The lowest BCUT2D eigenvalue weighted by atomic mass is 10.1. The summed E-state index contributed by atoms with van der Waals surface area (Å²) in [5, 5.41) is 0. The van der Waals surface area contributed by atoms with Gasteiger partial charge in [0.1, 0.15) is 6.10 Å². The highest BCUT2D eigenvalue weighted by molar-refractivity contribution is 5.78. The van der Waals surface area contributed by atoms with E-state index in [0.29, 0.717) is 6.61 Å². The normalized spacial score (nSPS) is 12.8. The van der Waals surface area contributed by atoms with Crippen LogP contribution >= 0.6 is 0 Å². The zero-order valence-corrected chi connectivity index (χ0v) is 15.5. The molecule has 3 heteroatoms. The number of primary amides is 1. The number of hydrogen-bond acceptors (Lipinski definition) is 2. The van der Waals surface area contributed by atoms with Crippen molar-refractivity contribution in [1.82, 2.24) is 0 Å². The molecule has 23 heavy (non-hydrogen) atoms. The van der Waals surface area contributed by atoms with Gasteiger partial charge in [0.25, 0.3) is 0 Å². The van der Waals surface area contributed by atoms with Gasteiger partial charge in [0.15, 0.2) is 0 Å². The van der Waals surface area contributed by atoms with E-state index in [-0.39, 0.29) is 5.91 Å². The Bertz CT molecular complexity index is 289. The van der Waals surface area contributed by atoms with Gasteiger partial charge < -0.3 is 10.5 Å². The zero-order valence-electron chi connectivity index (χ0n) is 15.5. The highest BCUT2D eigenvalue weighted by Crippen LogP contribution is 2.11. The molecule has 0 aliphatic heterocycles. The lowest BCUT2D eigenvalue weighted by molar-refractivity contribution is -0.129. The van der Waals surface area contributed by atoms with Crippen molar-refractivity contribution in [2.75, 3.05) is 6.61 Å². The molecule has 0 saturated carbocycles. The Morgan fingerprint density at radius 1 is 0.870 bits per heavy atom. The summed E-state index contributed by atoms with van der Waals surface area (Å²) < 4.78 is 5.33. The van der Waals surface area contributed by atoms with E-state index < -0.39 is 6.10 Å². The third-order valence-electron chi connectivity index (χ3n) is 4.16. The summed E-state index contributed by atoms with van der Waals surface area (Å²) >= 11 is 0. The van der Waals surface area contributed by atoms with Gasteiger partial charge in [-0.3, -0.25) is 4.79 Å². The van der Waals surface area contributed by atoms with E-state index in [1.165, 1.54) is 64.2 Å². The van der Waals surface area contributed by atoms with Gasteiger partial charge in [-0.1, -0.05) is 70.4 Å². The Hall–Kier alpha value is -0.830. The molecule has 0 rings (SSSR count). The molecule has 2 N–H and O–H groups in total. The van der Waals surface area contributed by atoms with E-state index in [1.807, 2.05) is 6.92 Å². The second-order valence-electron chi connectivity index (χ2n) is 6.37. The maximum atomic E-state index is 11.1. The standard InChI is InChI=1S/C20H39NO2/c1-3-5-6-7-8-9-10-11-12-13-14-15-16-17-18-19(20(21)22)23-4-2/h11-12,19H,3-10,13-18H2,1-2H3,(H2,21,22)/b12-11-. The maximum absolute atomic E-state index is 11.1. The van der Waals surface area contributed by atoms with Gasteiger partial charge in [0.2, 0.25) is 5.91 Å². The number of nitrogens with two attached hydrogens (primary N) is 1. The predicted molar refractivity (Wildman–Crippen MR) is 99.4 cm³/mol. The van der Waals surface area contributed by atoms with Gasteiger partial charge in [0.05, 0.1) is 0 Å². The molecule has 1 unspecified atom stereocenters. The molecule has 0 bridgehead atoms. The topological polar surface area (TPSA) is 52.3 Å². The monoisotopic (exact) mass is 325 g/mol. The lowest BCUT2D eigenvalue weighted by Crippen LogP contribution is -2.31. The van der Waals surface area contributed by atoms with Crippen LogP contribution in [0.3, 0.4) is 0 Å². The van der Waals surface area contributed by atoms with Crippen molar-refractivity contribution in [3.63, 3.8) is 0 Å². The first-order chi connectivity index (χ1) is 11.2. The average molecular weight is 326 g/mol. The summed E-state index contributed by atoms with van der Waals surface area (Å²) in [7, 11) is 0. The molecule has 0 fully saturated rings. The van der Waals surface area contributed by atoms with Crippen molar-refractivity contribution in [3.8, 4) is 0 Å². The van der Waals surface area contributed by atoms with Gasteiger partial charge in [-0.25, -0.2) is 0 Å². The van der Waals surface area contributed by atoms with Crippen LogP contribution in [0.5, 0.6) is 0 Å². The first-order valence-corrected chi connectivity index (χ1v) is 9.78. The molecule has 0 spiro atoms. The summed E-state index contributed by atoms with van der Waals surface area (Å²) in [5.74, 6) is -0.329. The van der Waals surface area contributed by atoms with Crippen molar-refractivity contribution in [1.29, 1.82) is 0 Å². The van der Waals surface area contributed by atoms with E-state index in [4.69, 9.17) is 10.5 Å². The minimum Gasteiger partial charge on any atom is -0.369 e. The van der Waals surface area contributed by atoms with E-state index in [1.54, 1.807) is 0 Å². The Morgan fingerprint density at radius 2 is 1.39 bits per heavy atom. The Balaban J connectivity index is 3.32. The molecular weight excluding hydrogens is 286 g/mol. The van der Waals surface area contributed by atoms with Gasteiger partial charge >= 0.3 is 0 Å². The van der Waals surface area contributed by atoms with Gasteiger partial charge in [-0.15, -0.1) is 0 Å². The van der Waals surface area contributed by atoms with Crippen LogP contribution in [0, 0.1) is 0 Å². The van der Waals surface area contributed by atoms with Crippen LogP contribution in [0.4, 0.5) is 0 Å². The summed E-state index contributed by atoms with van der Waals surface area (Å²) in [6, 6.07) is 0. The molecule has 0 aromatic heterocycles. The van der Waals surface area contributed by atoms with Gasteiger partial charge in [-0.2, -0.15) is 0 Å². The van der Waals surface area contributed by atoms with Crippen LogP contribution in [-0.4, -0.2) is 18.6 Å². The highest BCUT2D eigenvalue weighted by Gasteiger charge is 2.13. The molecule has 0 aromatic carbocycles. The fourth-order valence-corrected chi connectivity index (χ4v) is 2.73. The number of amides is 1. The van der Waals surface area contributed by atoms with Crippen molar-refractivity contribution in [2.45, 2.75) is 103 Å². The first-order valence-electron chi connectivity index (χ1n) is 9.78. The molecule has 136 valence electrons.